The molecule has 2 atom stereocenters. The van der Waals surface area contributed by atoms with Gasteiger partial charge in [0.1, 0.15) is 5.54 Å². The lowest BCUT2D eigenvalue weighted by atomic mass is 9.77. The third-order valence-electron chi connectivity index (χ3n) is 5.45. The number of rotatable bonds is 4. The van der Waals surface area contributed by atoms with Crippen LogP contribution in [0.4, 0.5) is 4.79 Å². The molecule has 0 spiro atoms. The number of nitrogens with one attached hydrogen (secondary N) is 2. The third-order valence-corrected chi connectivity index (χ3v) is 5.45. The highest BCUT2D eigenvalue weighted by molar-refractivity contribution is 5.86. The number of urea groups is 1. The fraction of sp³-hybridized carbons (Fsp3) is 0.875. The van der Waals surface area contributed by atoms with Crippen LogP contribution in [0.25, 0.3) is 0 Å². The second kappa shape index (κ2) is 6.67. The molecule has 0 heterocycles. The predicted molar refractivity (Wildman–Crippen MR) is 81.0 cm³/mol. The molecule has 120 valence electrons. The molecule has 5 heteroatoms. The van der Waals surface area contributed by atoms with Crippen LogP contribution < -0.4 is 10.6 Å². The standard InChI is InChI=1S/C16H28N2O3/c1-11-6-8-16(9-7-11,14(19)20)18-15(21)17-10-13-5-3-4-12(13)2/h11-13H,3-10H2,1-2H3,(H,19,20)(H2,17,18,21). The van der Waals surface area contributed by atoms with Crippen LogP contribution in [0.5, 0.6) is 0 Å². The maximum absolute atomic E-state index is 12.1. The molecular formula is C16H28N2O3. The van der Waals surface area contributed by atoms with E-state index in [1.54, 1.807) is 0 Å². The number of carbonyl (C=O) groups excluding carboxylic acids is 1. The first-order chi connectivity index (χ1) is 9.93. The van der Waals surface area contributed by atoms with Gasteiger partial charge in [-0.2, -0.15) is 0 Å². The van der Waals surface area contributed by atoms with Crippen molar-refractivity contribution in [1.29, 1.82) is 0 Å². The number of amides is 2. The number of hydrogen-bond donors (Lipinski definition) is 3. The average Bonchev–Trinajstić information content (AvgIpc) is 2.84. The fourth-order valence-corrected chi connectivity index (χ4v) is 3.66. The first kappa shape index (κ1) is 16.1. The van der Waals surface area contributed by atoms with Gasteiger partial charge in [0.2, 0.25) is 0 Å². The SMILES string of the molecule is CC1CCC(NC(=O)NCC2CCCC2C)(C(=O)O)CC1. The summed E-state index contributed by atoms with van der Waals surface area (Å²) in [5.41, 5.74) is -1.07. The molecule has 0 aromatic rings. The Bertz CT molecular complexity index is 389. The van der Waals surface area contributed by atoms with Gasteiger partial charge in [0.15, 0.2) is 0 Å². The number of hydrogen-bond acceptors (Lipinski definition) is 2. The van der Waals surface area contributed by atoms with Gasteiger partial charge in [-0.3, -0.25) is 0 Å². The van der Waals surface area contributed by atoms with Crippen molar-refractivity contribution in [2.24, 2.45) is 17.8 Å². The molecule has 0 bridgehead atoms. The topological polar surface area (TPSA) is 78.4 Å². The van der Waals surface area contributed by atoms with E-state index in [1.165, 1.54) is 12.8 Å². The summed E-state index contributed by atoms with van der Waals surface area (Å²) in [6, 6.07) is -0.328. The number of aliphatic carboxylic acids is 1. The number of carboxylic acid groups (broad SMARTS) is 1. The van der Waals surface area contributed by atoms with E-state index in [0.29, 0.717) is 37.1 Å². The van der Waals surface area contributed by atoms with Crippen molar-refractivity contribution in [3.05, 3.63) is 0 Å². The van der Waals surface area contributed by atoms with Crippen molar-refractivity contribution in [3.63, 3.8) is 0 Å². The highest BCUT2D eigenvalue weighted by atomic mass is 16.4. The second-order valence-electron chi connectivity index (χ2n) is 7.07. The van der Waals surface area contributed by atoms with Crippen LogP contribution in [0.1, 0.15) is 58.8 Å². The van der Waals surface area contributed by atoms with Gasteiger partial charge in [-0.25, -0.2) is 9.59 Å². The maximum atomic E-state index is 12.1. The molecule has 2 fully saturated rings. The van der Waals surface area contributed by atoms with Crippen LogP contribution >= 0.6 is 0 Å². The summed E-state index contributed by atoms with van der Waals surface area (Å²) in [5, 5.41) is 15.1. The minimum Gasteiger partial charge on any atom is -0.480 e. The van der Waals surface area contributed by atoms with E-state index in [2.05, 4.69) is 24.5 Å². The number of carboxylic acids is 1. The number of carbonyl (C=O) groups is 2. The van der Waals surface area contributed by atoms with Crippen molar-refractivity contribution >= 4 is 12.0 Å². The van der Waals surface area contributed by atoms with Crippen LogP contribution in [0.15, 0.2) is 0 Å². The monoisotopic (exact) mass is 296 g/mol. The maximum Gasteiger partial charge on any atom is 0.329 e. The van der Waals surface area contributed by atoms with E-state index in [0.717, 1.165) is 19.3 Å². The third kappa shape index (κ3) is 3.89. The average molecular weight is 296 g/mol. The van der Waals surface area contributed by atoms with Gasteiger partial charge in [0.25, 0.3) is 0 Å². The van der Waals surface area contributed by atoms with Gasteiger partial charge < -0.3 is 15.7 Å². The molecule has 2 saturated carbocycles. The molecule has 5 nitrogen and oxygen atoms in total. The lowest BCUT2D eigenvalue weighted by Gasteiger charge is -2.36. The zero-order chi connectivity index (χ0) is 15.5. The lowest BCUT2D eigenvalue weighted by Crippen LogP contribution is -2.59. The summed E-state index contributed by atoms with van der Waals surface area (Å²) in [7, 11) is 0. The smallest absolute Gasteiger partial charge is 0.329 e. The first-order valence-electron chi connectivity index (χ1n) is 8.22. The van der Waals surface area contributed by atoms with Crippen molar-refractivity contribution in [1.82, 2.24) is 10.6 Å². The Labute approximate surface area is 126 Å². The Morgan fingerprint density at radius 1 is 1.14 bits per heavy atom. The Balaban J connectivity index is 1.85. The van der Waals surface area contributed by atoms with Gasteiger partial charge in [-0.05, 0) is 49.9 Å². The molecule has 2 amide bonds. The summed E-state index contributed by atoms with van der Waals surface area (Å²) in [5.74, 6) is 0.817. The van der Waals surface area contributed by atoms with E-state index < -0.39 is 11.5 Å². The lowest BCUT2D eigenvalue weighted by molar-refractivity contribution is -0.146. The quantitative estimate of drug-likeness (QED) is 0.746. The molecule has 0 aliphatic heterocycles. The summed E-state index contributed by atoms with van der Waals surface area (Å²) >= 11 is 0. The Kier molecular flexibility index (Phi) is 5.12. The normalized spacial score (nSPS) is 36.2. The minimum absolute atomic E-state index is 0.328. The van der Waals surface area contributed by atoms with Crippen molar-refractivity contribution in [2.75, 3.05) is 6.54 Å². The molecule has 21 heavy (non-hydrogen) atoms. The molecule has 2 rings (SSSR count). The van der Waals surface area contributed by atoms with Gasteiger partial charge in [-0.15, -0.1) is 0 Å². The molecule has 0 aromatic heterocycles. The van der Waals surface area contributed by atoms with Crippen molar-refractivity contribution in [2.45, 2.75) is 64.3 Å². The zero-order valence-electron chi connectivity index (χ0n) is 13.2. The van der Waals surface area contributed by atoms with Gasteiger partial charge >= 0.3 is 12.0 Å². The Hall–Kier alpha value is -1.26. The Morgan fingerprint density at radius 2 is 1.81 bits per heavy atom. The molecular weight excluding hydrogens is 268 g/mol. The fourth-order valence-electron chi connectivity index (χ4n) is 3.66. The van der Waals surface area contributed by atoms with Gasteiger partial charge in [0, 0.05) is 6.54 Å². The molecule has 0 radical (unpaired) electrons. The first-order valence-corrected chi connectivity index (χ1v) is 8.22. The largest absolute Gasteiger partial charge is 0.480 e. The summed E-state index contributed by atoms with van der Waals surface area (Å²) in [6.45, 7) is 5.00. The van der Waals surface area contributed by atoms with E-state index in [1.807, 2.05) is 0 Å². The van der Waals surface area contributed by atoms with Crippen LogP contribution in [-0.2, 0) is 4.79 Å². The molecule has 2 aliphatic rings. The van der Waals surface area contributed by atoms with Crippen molar-refractivity contribution in [3.8, 4) is 0 Å². The van der Waals surface area contributed by atoms with E-state index in [-0.39, 0.29) is 6.03 Å². The van der Waals surface area contributed by atoms with E-state index in [9.17, 15) is 14.7 Å². The summed E-state index contributed by atoms with van der Waals surface area (Å²) in [4.78, 5) is 23.7. The van der Waals surface area contributed by atoms with E-state index in [4.69, 9.17) is 0 Å². The summed E-state index contributed by atoms with van der Waals surface area (Å²) < 4.78 is 0. The molecule has 2 unspecified atom stereocenters. The van der Waals surface area contributed by atoms with Crippen LogP contribution in [0.3, 0.4) is 0 Å². The van der Waals surface area contributed by atoms with Crippen LogP contribution in [0.2, 0.25) is 0 Å². The summed E-state index contributed by atoms with van der Waals surface area (Å²) in [6.07, 6.45) is 6.37. The second-order valence-corrected chi connectivity index (χ2v) is 7.07. The molecule has 0 saturated heterocycles. The van der Waals surface area contributed by atoms with Gasteiger partial charge in [-0.1, -0.05) is 26.7 Å². The minimum atomic E-state index is -1.07. The van der Waals surface area contributed by atoms with Crippen molar-refractivity contribution < 1.29 is 14.7 Å². The predicted octanol–water partition coefficient (Wildman–Crippen LogP) is 2.76. The van der Waals surface area contributed by atoms with Crippen LogP contribution in [0, 0.1) is 17.8 Å². The Morgan fingerprint density at radius 3 is 2.33 bits per heavy atom. The van der Waals surface area contributed by atoms with Crippen LogP contribution in [-0.4, -0.2) is 29.2 Å². The highest BCUT2D eigenvalue weighted by Gasteiger charge is 2.42. The zero-order valence-corrected chi connectivity index (χ0v) is 13.2. The highest BCUT2D eigenvalue weighted by Crippen LogP contribution is 2.32. The molecule has 2 aliphatic carbocycles. The van der Waals surface area contributed by atoms with E-state index >= 15 is 0 Å². The molecule has 0 aromatic carbocycles. The van der Waals surface area contributed by atoms with Gasteiger partial charge in [0.05, 0.1) is 0 Å². The molecule has 3 N–H and O–H groups in total.